The summed E-state index contributed by atoms with van der Waals surface area (Å²) in [5, 5.41) is 9.00. The van der Waals surface area contributed by atoms with E-state index in [-0.39, 0.29) is 19.0 Å². The molecule has 0 radical (unpaired) electrons. The first-order valence-electron chi connectivity index (χ1n) is 9.00. The van der Waals surface area contributed by atoms with Crippen molar-refractivity contribution in [1.29, 1.82) is 0 Å². The Morgan fingerprint density at radius 1 is 0.964 bits per heavy atom. The van der Waals surface area contributed by atoms with E-state index in [1.807, 2.05) is 54.6 Å². The monoisotopic (exact) mass is 396 g/mol. The van der Waals surface area contributed by atoms with Crippen LogP contribution in [0, 0.1) is 0 Å². The van der Waals surface area contributed by atoms with E-state index >= 15 is 0 Å². The number of carbonyl (C=O) groups is 1. The van der Waals surface area contributed by atoms with Gasteiger partial charge >= 0.3 is 0 Å². The van der Waals surface area contributed by atoms with E-state index < -0.39 is 10.0 Å². The average Bonchev–Trinajstić information content (AvgIpc) is 3.17. The third-order valence-electron chi connectivity index (χ3n) is 4.79. The first-order chi connectivity index (χ1) is 13.5. The zero-order chi connectivity index (χ0) is 19.6. The fourth-order valence-electron chi connectivity index (χ4n) is 3.24. The molecule has 1 saturated heterocycles. The molecule has 7 nitrogen and oxygen atoms in total. The fraction of sp³-hybridized carbons (Fsp3) is 0.200. The molecule has 4 rings (SSSR count). The molecule has 0 aliphatic carbocycles. The van der Waals surface area contributed by atoms with Crippen molar-refractivity contribution in [3.05, 3.63) is 71.3 Å². The molecular formula is C20H20N4O3S. The summed E-state index contributed by atoms with van der Waals surface area (Å²) >= 11 is 0. The standard InChI is InChI=1S/C20H20N4O3S/c25-20(19-17-8-4-5-9-18(17)21-22-19)23-11-13-24(14-12-23)28(26,27)15-10-16-6-2-1-3-7-16/h1-10,15H,11-14H2,(H,21,22). The Balaban J connectivity index is 1.43. The molecule has 0 atom stereocenters. The maximum absolute atomic E-state index is 12.8. The summed E-state index contributed by atoms with van der Waals surface area (Å²) in [6.07, 6.45) is 1.59. The molecule has 2 aromatic carbocycles. The van der Waals surface area contributed by atoms with Gasteiger partial charge in [-0.2, -0.15) is 9.40 Å². The molecule has 1 fully saturated rings. The van der Waals surface area contributed by atoms with Crippen molar-refractivity contribution < 1.29 is 13.2 Å². The Bertz CT molecular complexity index is 1110. The Morgan fingerprint density at radius 3 is 2.39 bits per heavy atom. The minimum absolute atomic E-state index is 0.186. The van der Waals surface area contributed by atoms with Crippen molar-refractivity contribution >= 4 is 32.9 Å². The second kappa shape index (κ2) is 7.57. The van der Waals surface area contributed by atoms with Crippen LogP contribution >= 0.6 is 0 Å². The molecule has 1 aliphatic rings. The smallest absolute Gasteiger partial charge is 0.275 e. The number of nitrogens with zero attached hydrogens (tertiary/aromatic N) is 3. The van der Waals surface area contributed by atoms with Crippen LogP contribution in [0.1, 0.15) is 16.1 Å². The fourth-order valence-corrected chi connectivity index (χ4v) is 4.41. The molecule has 3 aromatic rings. The summed E-state index contributed by atoms with van der Waals surface area (Å²) in [7, 11) is -3.53. The van der Waals surface area contributed by atoms with Crippen LogP contribution in [0.25, 0.3) is 17.0 Å². The number of nitrogens with one attached hydrogen (secondary N) is 1. The SMILES string of the molecule is O=C(c1n[nH]c2ccccc12)N1CCN(S(=O)(=O)C=Cc2ccccc2)CC1. The Kier molecular flexibility index (Phi) is 4.97. The second-order valence-corrected chi connectivity index (χ2v) is 8.39. The van der Waals surface area contributed by atoms with E-state index in [4.69, 9.17) is 0 Å². The maximum Gasteiger partial charge on any atom is 0.275 e. The lowest BCUT2D eigenvalue weighted by Gasteiger charge is -2.33. The number of H-pyrrole nitrogens is 1. The minimum atomic E-state index is -3.53. The van der Waals surface area contributed by atoms with Crippen LogP contribution in [-0.4, -0.2) is 59.9 Å². The minimum Gasteiger partial charge on any atom is -0.335 e. The zero-order valence-electron chi connectivity index (χ0n) is 15.2. The molecule has 1 N–H and O–H groups in total. The van der Waals surface area contributed by atoms with Gasteiger partial charge in [-0.3, -0.25) is 9.89 Å². The highest BCUT2D eigenvalue weighted by Gasteiger charge is 2.29. The molecular weight excluding hydrogens is 376 g/mol. The largest absolute Gasteiger partial charge is 0.335 e. The van der Waals surface area contributed by atoms with Crippen LogP contribution in [0.4, 0.5) is 0 Å². The van der Waals surface area contributed by atoms with Gasteiger partial charge in [-0.15, -0.1) is 0 Å². The van der Waals surface area contributed by atoms with Crippen molar-refractivity contribution in [2.24, 2.45) is 0 Å². The highest BCUT2D eigenvalue weighted by atomic mass is 32.2. The van der Waals surface area contributed by atoms with E-state index in [2.05, 4.69) is 10.2 Å². The van der Waals surface area contributed by atoms with Gasteiger partial charge < -0.3 is 4.90 Å². The number of benzene rings is 2. The molecule has 1 aromatic heterocycles. The number of sulfonamides is 1. The van der Waals surface area contributed by atoms with Crippen molar-refractivity contribution in [3.8, 4) is 0 Å². The van der Waals surface area contributed by atoms with Crippen molar-refractivity contribution in [3.63, 3.8) is 0 Å². The number of para-hydroxylation sites is 1. The molecule has 1 aliphatic heterocycles. The zero-order valence-corrected chi connectivity index (χ0v) is 16.0. The molecule has 2 heterocycles. The summed E-state index contributed by atoms with van der Waals surface area (Å²) in [6.45, 7) is 1.18. The van der Waals surface area contributed by atoms with Crippen LogP contribution in [-0.2, 0) is 10.0 Å². The summed E-state index contributed by atoms with van der Waals surface area (Å²) in [4.78, 5) is 14.5. The lowest BCUT2D eigenvalue weighted by atomic mass is 10.2. The Labute approximate surface area is 163 Å². The molecule has 0 bridgehead atoms. The number of piperazine rings is 1. The Morgan fingerprint density at radius 2 is 1.64 bits per heavy atom. The number of hydrogen-bond acceptors (Lipinski definition) is 4. The first kappa shape index (κ1) is 18.4. The third-order valence-corrected chi connectivity index (χ3v) is 6.36. The molecule has 0 spiro atoms. The molecule has 1 amide bonds. The molecule has 144 valence electrons. The maximum atomic E-state index is 12.8. The number of fused-ring (bicyclic) bond motifs is 1. The van der Waals surface area contributed by atoms with Crippen LogP contribution in [0.2, 0.25) is 0 Å². The second-order valence-electron chi connectivity index (χ2n) is 6.57. The van der Waals surface area contributed by atoms with E-state index in [1.165, 1.54) is 9.71 Å². The number of hydrogen-bond donors (Lipinski definition) is 1. The van der Waals surface area contributed by atoms with Crippen molar-refractivity contribution in [1.82, 2.24) is 19.4 Å². The van der Waals surface area contributed by atoms with E-state index in [1.54, 1.807) is 11.0 Å². The highest BCUT2D eigenvalue weighted by molar-refractivity contribution is 7.92. The van der Waals surface area contributed by atoms with E-state index in [0.29, 0.717) is 18.8 Å². The van der Waals surface area contributed by atoms with Gasteiger partial charge in [-0.05, 0) is 17.7 Å². The van der Waals surface area contributed by atoms with Gasteiger partial charge in [0.05, 0.1) is 5.52 Å². The van der Waals surface area contributed by atoms with Crippen LogP contribution in [0.5, 0.6) is 0 Å². The third kappa shape index (κ3) is 3.69. The normalized spacial score (nSPS) is 16.1. The number of amides is 1. The number of rotatable bonds is 4. The summed E-state index contributed by atoms with van der Waals surface area (Å²) in [5.74, 6) is -0.186. The van der Waals surface area contributed by atoms with Gasteiger partial charge in [0.1, 0.15) is 0 Å². The quantitative estimate of drug-likeness (QED) is 0.733. The number of carbonyl (C=O) groups excluding carboxylic acids is 1. The van der Waals surface area contributed by atoms with Gasteiger partial charge in [0.25, 0.3) is 5.91 Å². The van der Waals surface area contributed by atoms with E-state index in [9.17, 15) is 13.2 Å². The Hall–Kier alpha value is -2.97. The summed E-state index contributed by atoms with van der Waals surface area (Å²) in [5.41, 5.74) is 2.00. The van der Waals surface area contributed by atoms with Gasteiger partial charge in [0.15, 0.2) is 5.69 Å². The average molecular weight is 396 g/mol. The van der Waals surface area contributed by atoms with Gasteiger partial charge in [0.2, 0.25) is 10.0 Å². The van der Waals surface area contributed by atoms with Crippen LogP contribution < -0.4 is 0 Å². The summed E-state index contributed by atoms with van der Waals surface area (Å²) < 4.78 is 26.5. The topological polar surface area (TPSA) is 86.4 Å². The lowest BCUT2D eigenvalue weighted by molar-refractivity contribution is 0.0694. The van der Waals surface area contributed by atoms with Crippen molar-refractivity contribution in [2.75, 3.05) is 26.2 Å². The lowest BCUT2D eigenvalue weighted by Crippen LogP contribution is -2.50. The van der Waals surface area contributed by atoms with Crippen LogP contribution in [0.3, 0.4) is 0 Å². The first-order valence-corrected chi connectivity index (χ1v) is 10.5. The van der Waals surface area contributed by atoms with E-state index in [0.717, 1.165) is 16.5 Å². The van der Waals surface area contributed by atoms with Gasteiger partial charge in [-0.1, -0.05) is 48.5 Å². The number of aromatic amines is 1. The van der Waals surface area contributed by atoms with Crippen LogP contribution in [0.15, 0.2) is 60.0 Å². The highest BCUT2D eigenvalue weighted by Crippen LogP contribution is 2.18. The molecule has 0 saturated carbocycles. The predicted molar refractivity (Wildman–Crippen MR) is 108 cm³/mol. The molecule has 8 heteroatoms. The van der Waals surface area contributed by atoms with Crippen molar-refractivity contribution in [2.45, 2.75) is 0 Å². The van der Waals surface area contributed by atoms with Gasteiger partial charge in [-0.25, -0.2) is 8.42 Å². The van der Waals surface area contributed by atoms with Gasteiger partial charge in [0, 0.05) is 37.0 Å². The predicted octanol–water partition coefficient (Wildman–Crippen LogP) is 2.32. The number of aromatic nitrogens is 2. The summed E-state index contributed by atoms with van der Waals surface area (Å²) in [6, 6.07) is 16.7. The molecule has 0 unspecified atom stereocenters. The molecule has 28 heavy (non-hydrogen) atoms.